The highest BCUT2D eigenvalue weighted by molar-refractivity contribution is 6.09. The molecule has 36 heavy (non-hydrogen) atoms. The Labute approximate surface area is 210 Å². The van der Waals surface area contributed by atoms with Gasteiger partial charge in [-0.1, -0.05) is 60.7 Å². The monoisotopic (exact) mass is 484 g/mol. The fourth-order valence-electron chi connectivity index (χ4n) is 5.16. The zero-order valence-electron chi connectivity index (χ0n) is 20.9. The number of benzene rings is 3. The second-order valence-corrected chi connectivity index (χ2v) is 9.19. The maximum Gasteiger partial charge on any atom is 0.346 e. The van der Waals surface area contributed by atoms with E-state index in [1.807, 2.05) is 85.5 Å². The van der Waals surface area contributed by atoms with Crippen molar-refractivity contribution >= 4 is 16.7 Å². The van der Waals surface area contributed by atoms with E-state index in [0.29, 0.717) is 44.1 Å². The van der Waals surface area contributed by atoms with Gasteiger partial charge in [0.25, 0.3) is 5.91 Å². The van der Waals surface area contributed by atoms with Gasteiger partial charge in [-0.3, -0.25) is 9.36 Å². The largest absolute Gasteiger partial charge is 0.493 e. The maximum absolute atomic E-state index is 13.7. The van der Waals surface area contributed by atoms with Crippen LogP contribution in [0.4, 0.5) is 0 Å². The third kappa shape index (κ3) is 4.53. The molecule has 0 spiro atoms. The van der Waals surface area contributed by atoms with Crippen LogP contribution in [0.15, 0.2) is 71.5 Å². The van der Waals surface area contributed by atoms with Crippen molar-refractivity contribution in [2.45, 2.75) is 45.7 Å². The van der Waals surface area contributed by atoms with Gasteiger partial charge in [0.1, 0.15) is 11.6 Å². The Morgan fingerprint density at radius 1 is 0.972 bits per heavy atom. The smallest absolute Gasteiger partial charge is 0.346 e. The molecule has 186 valence electrons. The third-order valence-corrected chi connectivity index (χ3v) is 6.99. The minimum absolute atomic E-state index is 0.00353. The van der Waals surface area contributed by atoms with E-state index in [0.717, 1.165) is 35.0 Å². The molecule has 1 saturated heterocycles. The molecular weight excluding hydrogens is 452 g/mol. The van der Waals surface area contributed by atoms with Crippen LogP contribution in [0.2, 0.25) is 0 Å². The molecule has 0 N–H and O–H groups in total. The summed E-state index contributed by atoms with van der Waals surface area (Å²) < 4.78 is 9.19. The Balaban J connectivity index is 1.36. The van der Waals surface area contributed by atoms with Gasteiger partial charge < -0.3 is 9.64 Å². The molecule has 0 aliphatic carbocycles. The minimum atomic E-state index is -0.0769. The summed E-state index contributed by atoms with van der Waals surface area (Å²) in [6, 6.07) is 21.7. The summed E-state index contributed by atoms with van der Waals surface area (Å²) >= 11 is 0. The van der Waals surface area contributed by atoms with Crippen LogP contribution in [0, 0.1) is 0 Å². The molecule has 0 bridgehead atoms. The molecule has 2 heterocycles. The van der Waals surface area contributed by atoms with Crippen molar-refractivity contribution in [3.05, 3.63) is 94.2 Å². The highest BCUT2D eigenvalue weighted by Gasteiger charge is 2.30. The lowest BCUT2D eigenvalue weighted by molar-refractivity contribution is 0.0708. The molecule has 0 saturated carbocycles. The van der Waals surface area contributed by atoms with E-state index in [1.54, 1.807) is 9.25 Å². The van der Waals surface area contributed by atoms with Gasteiger partial charge in [-0.25, -0.2) is 9.48 Å². The number of rotatable bonds is 7. The summed E-state index contributed by atoms with van der Waals surface area (Å²) in [7, 11) is 0. The standard InChI is InChI=1S/C29H32N4O3/c1-3-32-27(30-33(29(32)35)20-21-10-6-5-7-11-21)23-16-18-31(19-17-23)28(34)26-24-13-9-8-12-22(24)14-15-25(26)36-4-2/h5-15,23H,3-4,16-20H2,1-2H3. The second-order valence-electron chi connectivity index (χ2n) is 9.19. The number of piperidine rings is 1. The number of hydrogen-bond donors (Lipinski definition) is 0. The molecule has 1 aliphatic heterocycles. The van der Waals surface area contributed by atoms with Crippen molar-refractivity contribution in [3.63, 3.8) is 0 Å². The second kappa shape index (κ2) is 10.4. The quantitative estimate of drug-likeness (QED) is 0.382. The average molecular weight is 485 g/mol. The van der Waals surface area contributed by atoms with E-state index in [1.165, 1.54) is 0 Å². The van der Waals surface area contributed by atoms with Gasteiger partial charge in [-0.05, 0) is 49.1 Å². The number of carbonyl (C=O) groups excluding carboxylic acids is 1. The fourth-order valence-corrected chi connectivity index (χ4v) is 5.16. The summed E-state index contributed by atoms with van der Waals surface area (Å²) in [5, 5.41) is 6.69. The predicted octanol–water partition coefficient (Wildman–Crippen LogP) is 4.68. The first-order valence-electron chi connectivity index (χ1n) is 12.8. The molecule has 0 atom stereocenters. The van der Waals surface area contributed by atoms with Crippen LogP contribution in [0.5, 0.6) is 5.75 Å². The molecule has 1 amide bonds. The van der Waals surface area contributed by atoms with Crippen molar-refractivity contribution in [2.75, 3.05) is 19.7 Å². The number of carbonyl (C=O) groups is 1. The third-order valence-electron chi connectivity index (χ3n) is 6.99. The lowest BCUT2D eigenvalue weighted by Crippen LogP contribution is -2.39. The van der Waals surface area contributed by atoms with Crippen molar-refractivity contribution in [2.24, 2.45) is 0 Å². The van der Waals surface area contributed by atoms with Crippen molar-refractivity contribution < 1.29 is 9.53 Å². The molecule has 1 aliphatic rings. The van der Waals surface area contributed by atoms with Crippen molar-refractivity contribution in [3.8, 4) is 5.75 Å². The zero-order valence-corrected chi connectivity index (χ0v) is 20.9. The lowest BCUT2D eigenvalue weighted by Gasteiger charge is -2.32. The van der Waals surface area contributed by atoms with Crippen molar-refractivity contribution in [1.29, 1.82) is 0 Å². The minimum Gasteiger partial charge on any atom is -0.493 e. The van der Waals surface area contributed by atoms with Crippen LogP contribution in [-0.2, 0) is 13.1 Å². The van der Waals surface area contributed by atoms with Crippen LogP contribution in [-0.4, -0.2) is 44.9 Å². The van der Waals surface area contributed by atoms with Gasteiger partial charge in [0.2, 0.25) is 0 Å². The molecule has 3 aromatic carbocycles. The summed E-state index contributed by atoms with van der Waals surface area (Å²) in [6.45, 7) is 6.67. The number of amides is 1. The normalized spacial score (nSPS) is 14.3. The molecule has 1 aromatic heterocycles. The summed E-state index contributed by atoms with van der Waals surface area (Å²) in [5.41, 5.74) is 1.60. The molecule has 5 rings (SSSR count). The van der Waals surface area contributed by atoms with E-state index in [-0.39, 0.29) is 17.5 Å². The predicted molar refractivity (Wildman–Crippen MR) is 141 cm³/mol. The maximum atomic E-state index is 13.7. The van der Waals surface area contributed by atoms with Crippen LogP contribution >= 0.6 is 0 Å². The number of aromatic nitrogens is 3. The number of fused-ring (bicyclic) bond motifs is 1. The first-order valence-corrected chi connectivity index (χ1v) is 12.8. The van der Waals surface area contributed by atoms with Crippen molar-refractivity contribution in [1.82, 2.24) is 19.2 Å². The topological polar surface area (TPSA) is 69.4 Å². The number of likely N-dealkylation sites (tertiary alicyclic amines) is 1. The Morgan fingerprint density at radius 3 is 2.42 bits per heavy atom. The lowest BCUT2D eigenvalue weighted by atomic mass is 9.94. The number of hydrogen-bond acceptors (Lipinski definition) is 4. The zero-order chi connectivity index (χ0) is 25.1. The molecule has 7 nitrogen and oxygen atoms in total. The molecule has 0 unspecified atom stereocenters. The van der Waals surface area contributed by atoms with Gasteiger partial charge in [-0.2, -0.15) is 5.10 Å². The van der Waals surface area contributed by atoms with Gasteiger partial charge in [0.15, 0.2) is 0 Å². The Kier molecular flexibility index (Phi) is 6.89. The summed E-state index contributed by atoms with van der Waals surface area (Å²) in [6.07, 6.45) is 1.53. The highest BCUT2D eigenvalue weighted by atomic mass is 16.5. The van der Waals surface area contributed by atoms with Gasteiger partial charge >= 0.3 is 5.69 Å². The first kappa shape index (κ1) is 23.9. The fraction of sp³-hybridized carbons (Fsp3) is 0.345. The Morgan fingerprint density at radius 2 is 1.69 bits per heavy atom. The summed E-state index contributed by atoms with van der Waals surface area (Å²) in [5.74, 6) is 1.59. The van der Waals surface area contributed by atoms with Crippen LogP contribution in [0.1, 0.15) is 54.4 Å². The van der Waals surface area contributed by atoms with E-state index in [9.17, 15) is 9.59 Å². The number of nitrogens with zero attached hydrogens (tertiary/aromatic N) is 4. The van der Waals surface area contributed by atoms with E-state index in [4.69, 9.17) is 9.84 Å². The SMILES string of the molecule is CCOc1ccc2ccccc2c1C(=O)N1CCC(c2nn(Cc3ccccc3)c(=O)n2CC)CC1. The van der Waals surface area contributed by atoms with E-state index in [2.05, 4.69) is 0 Å². The van der Waals surface area contributed by atoms with Gasteiger partial charge in [-0.15, -0.1) is 0 Å². The first-order chi connectivity index (χ1) is 17.6. The van der Waals surface area contributed by atoms with Crippen LogP contribution in [0.3, 0.4) is 0 Å². The van der Waals surface area contributed by atoms with Gasteiger partial charge in [0.05, 0.1) is 18.7 Å². The number of ether oxygens (including phenoxy) is 1. The molecule has 1 fully saturated rings. The van der Waals surface area contributed by atoms with E-state index < -0.39 is 0 Å². The summed E-state index contributed by atoms with van der Waals surface area (Å²) in [4.78, 5) is 28.7. The average Bonchev–Trinajstić information content (AvgIpc) is 3.23. The Hall–Kier alpha value is -3.87. The van der Waals surface area contributed by atoms with E-state index >= 15 is 0 Å². The molecule has 7 heteroatoms. The molecule has 0 radical (unpaired) electrons. The van der Waals surface area contributed by atoms with Gasteiger partial charge in [0, 0.05) is 25.6 Å². The highest BCUT2D eigenvalue weighted by Crippen LogP contribution is 2.32. The molecular formula is C29H32N4O3. The van der Waals surface area contributed by atoms with Crippen LogP contribution in [0.25, 0.3) is 10.8 Å². The Bertz CT molecular complexity index is 1420. The van der Waals surface area contributed by atoms with Crippen LogP contribution < -0.4 is 10.4 Å². The molecule has 4 aromatic rings.